The minimum absolute atomic E-state index is 0.136. The Bertz CT molecular complexity index is 1410. The number of carbonyl (C=O) groups is 4. The number of thioether (sulfide) groups is 1. The fourth-order valence-electron chi connectivity index (χ4n) is 3.31. The van der Waals surface area contributed by atoms with Crippen molar-refractivity contribution in [3.63, 3.8) is 0 Å². The average Bonchev–Trinajstić information content (AvgIpc) is 3.13. The Morgan fingerprint density at radius 1 is 1.08 bits per heavy atom. The summed E-state index contributed by atoms with van der Waals surface area (Å²) < 4.78 is 11.3. The molecule has 0 bridgehead atoms. The standard InChI is InChI=1S/C26H18BrClN2O6S/c1-35-20-12-15(11-19(27)23(20)36-25(33)16-7-9-17(28)10-8-16)13-21-24(32)30(26(34)37-21)14-22(31)29-18-5-3-2-4-6-18/h2-13H,14H2,1H3,(H,29,31)/b21-13-. The summed E-state index contributed by atoms with van der Waals surface area (Å²) in [5, 5.41) is 2.58. The van der Waals surface area contributed by atoms with Crippen molar-refractivity contribution in [3.05, 3.63) is 92.3 Å². The van der Waals surface area contributed by atoms with Gasteiger partial charge in [-0.05, 0) is 87.9 Å². The second-order valence-corrected chi connectivity index (χ2v) is 9.90. The quantitative estimate of drug-likeness (QED) is 0.201. The number of hydrogen-bond donors (Lipinski definition) is 1. The fourth-order valence-corrected chi connectivity index (χ4v) is 4.82. The number of amides is 3. The van der Waals surface area contributed by atoms with E-state index in [0.717, 1.165) is 16.7 Å². The molecule has 1 heterocycles. The topological polar surface area (TPSA) is 102 Å². The highest BCUT2D eigenvalue weighted by atomic mass is 79.9. The number of imide groups is 1. The van der Waals surface area contributed by atoms with Gasteiger partial charge >= 0.3 is 5.97 Å². The predicted octanol–water partition coefficient (Wildman–Crippen LogP) is 6.01. The Morgan fingerprint density at radius 2 is 1.78 bits per heavy atom. The molecular weight excluding hydrogens is 584 g/mol. The summed E-state index contributed by atoms with van der Waals surface area (Å²) >= 11 is 9.97. The van der Waals surface area contributed by atoms with Crippen LogP contribution < -0.4 is 14.8 Å². The number of rotatable bonds is 7. The minimum atomic E-state index is -0.613. The van der Waals surface area contributed by atoms with Crippen molar-refractivity contribution in [1.29, 1.82) is 0 Å². The lowest BCUT2D eigenvalue weighted by atomic mass is 10.1. The van der Waals surface area contributed by atoms with Crippen LogP contribution in [0.5, 0.6) is 11.5 Å². The normalized spacial score (nSPS) is 14.1. The molecule has 1 aliphatic rings. The van der Waals surface area contributed by atoms with Crippen LogP contribution in [0.2, 0.25) is 5.02 Å². The molecule has 0 atom stereocenters. The van der Waals surface area contributed by atoms with Crippen LogP contribution in [0.4, 0.5) is 10.5 Å². The Labute approximate surface area is 229 Å². The number of nitrogens with one attached hydrogen (secondary N) is 1. The number of para-hydroxylation sites is 1. The van der Waals surface area contributed by atoms with E-state index in [-0.39, 0.29) is 16.4 Å². The van der Waals surface area contributed by atoms with Gasteiger partial charge in [0.15, 0.2) is 11.5 Å². The molecule has 3 aromatic carbocycles. The first kappa shape index (κ1) is 26.5. The summed E-state index contributed by atoms with van der Waals surface area (Å²) in [6.07, 6.45) is 1.50. The third kappa shape index (κ3) is 6.40. The molecule has 1 fully saturated rings. The number of benzene rings is 3. The van der Waals surface area contributed by atoms with Gasteiger partial charge in [0, 0.05) is 10.7 Å². The number of anilines is 1. The largest absolute Gasteiger partial charge is 0.493 e. The summed E-state index contributed by atoms with van der Waals surface area (Å²) in [6.45, 7) is -0.413. The van der Waals surface area contributed by atoms with Crippen LogP contribution in [0.1, 0.15) is 15.9 Å². The molecule has 37 heavy (non-hydrogen) atoms. The highest BCUT2D eigenvalue weighted by Gasteiger charge is 2.36. The Hall–Kier alpha value is -3.60. The van der Waals surface area contributed by atoms with Gasteiger partial charge in [-0.1, -0.05) is 29.8 Å². The summed E-state index contributed by atoms with van der Waals surface area (Å²) in [4.78, 5) is 51.2. The van der Waals surface area contributed by atoms with Gasteiger partial charge in [-0.15, -0.1) is 0 Å². The average molecular weight is 602 g/mol. The van der Waals surface area contributed by atoms with Gasteiger partial charge in [0.1, 0.15) is 6.54 Å². The summed E-state index contributed by atoms with van der Waals surface area (Å²) in [5.74, 6) is -1.33. The van der Waals surface area contributed by atoms with Crippen LogP contribution in [0.3, 0.4) is 0 Å². The highest BCUT2D eigenvalue weighted by Crippen LogP contribution is 2.39. The molecule has 4 rings (SSSR count). The maximum Gasteiger partial charge on any atom is 0.343 e. The molecule has 0 radical (unpaired) electrons. The van der Waals surface area contributed by atoms with Crippen molar-refractivity contribution < 1.29 is 28.7 Å². The first-order chi connectivity index (χ1) is 17.7. The van der Waals surface area contributed by atoms with Crippen molar-refractivity contribution in [2.75, 3.05) is 19.0 Å². The smallest absolute Gasteiger partial charge is 0.343 e. The molecule has 3 aromatic rings. The monoisotopic (exact) mass is 600 g/mol. The highest BCUT2D eigenvalue weighted by molar-refractivity contribution is 9.10. The van der Waals surface area contributed by atoms with E-state index in [9.17, 15) is 19.2 Å². The van der Waals surface area contributed by atoms with Gasteiger partial charge in [0.05, 0.1) is 22.1 Å². The molecular formula is C26H18BrClN2O6S. The first-order valence-corrected chi connectivity index (χ1v) is 12.7. The zero-order valence-corrected chi connectivity index (χ0v) is 22.4. The van der Waals surface area contributed by atoms with Gasteiger partial charge in [-0.2, -0.15) is 0 Å². The second-order valence-electron chi connectivity index (χ2n) is 7.61. The van der Waals surface area contributed by atoms with E-state index in [2.05, 4.69) is 21.2 Å². The zero-order valence-electron chi connectivity index (χ0n) is 19.2. The molecule has 11 heteroatoms. The fraction of sp³-hybridized carbons (Fsp3) is 0.0769. The molecule has 0 saturated carbocycles. The van der Waals surface area contributed by atoms with Crippen LogP contribution in [0.15, 0.2) is 76.1 Å². The number of ether oxygens (including phenoxy) is 2. The van der Waals surface area contributed by atoms with Crippen LogP contribution >= 0.6 is 39.3 Å². The Morgan fingerprint density at radius 3 is 2.46 bits per heavy atom. The van der Waals surface area contributed by atoms with Crippen LogP contribution in [-0.4, -0.2) is 41.6 Å². The van der Waals surface area contributed by atoms with E-state index in [1.54, 1.807) is 54.6 Å². The summed E-state index contributed by atoms with van der Waals surface area (Å²) in [6, 6.07) is 18.1. The van der Waals surface area contributed by atoms with Crippen LogP contribution in [-0.2, 0) is 9.59 Å². The van der Waals surface area contributed by atoms with E-state index in [1.165, 1.54) is 25.3 Å². The maximum atomic E-state index is 12.9. The molecule has 0 unspecified atom stereocenters. The van der Waals surface area contributed by atoms with Gasteiger partial charge in [-0.3, -0.25) is 19.3 Å². The van der Waals surface area contributed by atoms with Crippen molar-refractivity contribution in [3.8, 4) is 11.5 Å². The van der Waals surface area contributed by atoms with Gasteiger partial charge in [0.25, 0.3) is 11.1 Å². The number of nitrogens with zero attached hydrogens (tertiary/aromatic N) is 1. The maximum absolute atomic E-state index is 12.9. The van der Waals surface area contributed by atoms with E-state index in [0.29, 0.717) is 26.3 Å². The van der Waals surface area contributed by atoms with Gasteiger partial charge in [0.2, 0.25) is 5.91 Å². The molecule has 1 aliphatic heterocycles. The predicted molar refractivity (Wildman–Crippen MR) is 145 cm³/mol. The summed E-state index contributed by atoms with van der Waals surface area (Å²) in [5.41, 5.74) is 1.37. The van der Waals surface area contributed by atoms with Gasteiger partial charge in [-0.25, -0.2) is 4.79 Å². The van der Waals surface area contributed by atoms with Crippen LogP contribution in [0, 0.1) is 0 Å². The van der Waals surface area contributed by atoms with Crippen molar-refractivity contribution in [2.45, 2.75) is 0 Å². The van der Waals surface area contributed by atoms with Crippen molar-refractivity contribution in [1.82, 2.24) is 4.90 Å². The minimum Gasteiger partial charge on any atom is -0.493 e. The number of carbonyl (C=O) groups excluding carboxylic acids is 4. The molecule has 0 aromatic heterocycles. The SMILES string of the molecule is COc1cc(/C=C2\SC(=O)N(CC(=O)Nc3ccccc3)C2=O)cc(Br)c1OC(=O)c1ccc(Cl)cc1. The Balaban J connectivity index is 1.50. The van der Waals surface area contributed by atoms with Gasteiger partial charge < -0.3 is 14.8 Å². The third-order valence-corrected chi connectivity index (χ3v) is 6.81. The number of esters is 1. The molecule has 3 amide bonds. The third-order valence-electron chi connectivity index (χ3n) is 5.06. The summed E-state index contributed by atoms with van der Waals surface area (Å²) in [7, 11) is 1.41. The zero-order chi connectivity index (χ0) is 26.5. The lowest BCUT2D eigenvalue weighted by Gasteiger charge is -2.13. The number of halogens is 2. The van der Waals surface area contributed by atoms with E-state index in [4.69, 9.17) is 21.1 Å². The molecule has 0 spiro atoms. The van der Waals surface area contributed by atoms with Crippen molar-refractivity contribution >= 4 is 74.1 Å². The van der Waals surface area contributed by atoms with E-state index in [1.807, 2.05) is 0 Å². The molecule has 1 saturated heterocycles. The van der Waals surface area contributed by atoms with Crippen molar-refractivity contribution in [2.24, 2.45) is 0 Å². The lowest BCUT2D eigenvalue weighted by molar-refractivity contribution is -0.127. The number of hydrogen-bond acceptors (Lipinski definition) is 7. The first-order valence-electron chi connectivity index (χ1n) is 10.7. The second kappa shape index (κ2) is 11.6. The van der Waals surface area contributed by atoms with Crippen LogP contribution in [0.25, 0.3) is 6.08 Å². The number of methoxy groups -OCH3 is 1. The molecule has 0 aliphatic carbocycles. The molecule has 1 N–H and O–H groups in total. The lowest BCUT2D eigenvalue weighted by Crippen LogP contribution is -2.36. The molecule has 188 valence electrons. The molecule has 8 nitrogen and oxygen atoms in total. The Kier molecular flexibility index (Phi) is 8.32. The van der Waals surface area contributed by atoms with E-state index < -0.39 is 29.6 Å². The van der Waals surface area contributed by atoms with E-state index >= 15 is 0 Å².